The van der Waals surface area contributed by atoms with E-state index in [1.807, 2.05) is 0 Å². The molecule has 0 atom stereocenters. The third-order valence-corrected chi connectivity index (χ3v) is 8.17. The van der Waals surface area contributed by atoms with E-state index in [9.17, 15) is 0 Å². The van der Waals surface area contributed by atoms with E-state index in [0.717, 1.165) is 11.6 Å². The van der Waals surface area contributed by atoms with E-state index in [1.54, 1.807) is 0 Å². The Morgan fingerprint density at radius 3 is 1.75 bits per heavy atom. The summed E-state index contributed by atoms with van der Waals surface area (Å²) in [6.45, 7) is 19.5. The molecule has 0 saturated carbocycles. The van der Waals surface area contributed by atoms with Gasteiger partial charge in [-0.3, -0.25) is 0 Å². The molecule has 0 spiro atoms. The molecule has 12 heavy (non-hydrogen) atoms. The van der Waals surface area contributed by atoms with Gasteiger partial charge in [0, 0.05) is 0 Å². The zero-order valence-electron chi connectivity index (χ0n) is 9.62. The number of rotatable bonds is 2. The monoisotopic (exact) mass is 176 g/mol. The second kappa shape index (κ2) is 4.60. The molecule has 0 N–H and O–H groups in total. The summed E-state index contributed by atoms with van der Waals surface area (Å²) >= 11 is 0. The Bertz CT molecular complexity index is 154. The first-order valence-electron chi connectivity index (χ1n) is 4.16. The molecule has 0 aliphatic rings. The Balaban J connectivity index is 0. The molecule has 0 aromatic heterocycles. The van der Waals surface area contributed by atoms with Gasteiger partial charge in [0.15, 0.2) is 0 Å². The third kappa shape index (κ3) is 4.45. The van der Waals surface area contributed by atoms with Gasteiger partial charge in [0.25, 0.3) is 0 Å². The molecular weight excluding hydrogens is 155 g/mol. The normalized spacial score (nSPS) is 12.1. The van der Waals surface area contributed by atoms with Gasteiger partial charge in [-0.2, -0.15) is 0 Å². The zero-order chi connectivity index (χ0) is 9.28. The summed E-state index contributed by atoms with van der Waals surface area (Å²) in [6.07, 6.45) is 0. The maximum absolute atomic E-state index is 3.88. The molecule has 0 aliphatic heterocycles. The fourth-order valence-corrected chi connectivity index (χ4v) is 2.67. The van der Waals surface area contributed by atoms with Crippen molar-refractivity contribution >= 4 is 8.07 Å². The second-order valence-corrected chi connectivity index (χ2v) is 10.7. The van der Waals surface area contributed by atoms with Crippen LogP contribution in [0.25, 0.3) is 0 Å². The van der Waals surface area contributed by atoms with Crippen LogP contribution < -0.4 is 18.9 Å². The average Bonchev–Trinajstić information content (AvgIpc) is 1.56. The molecule has 0 heterocycles. The van der Waals surface area contributed by atoms with Crippen LogP contribution in [-0.2, 0) is 0 Å². The molecule has 0 saturated heterocycles. The van der Waals surface area contributed by atoms with Gasteiger partial charge in [-0.05, 0) is 5.04 Å². The number of hydrogen-bond acceptors (Lipinski definition) is 0. The first-order valence-corrected chi connectivity index (χ1v) is 7.37. The van der Waals surface area contributed by atoms with Crippen LogP contribution >= 0.6 is 0 Å². The van der Waals surface area contributed by atoms with Crippen LogP contribution in [0.4, 0.5) is 0 Å². The van der Waals surface area contributed by atoms with Gasteiger partial charge < -0.3 is 0 Å². The average molecular weight is 176 g/mol. The number of allylic oxidation sites excluding steroid dienone is 1. The summed E-state index contributed by atoms with van der Waals surface area (Å²) in [5, 5.41) is 0.466. The van der Waals surface area contributed by atoms with E-state index in [4.69, 9.17) is 0 Å². The van der Waals surface area contributed by atoms with Crippen molar-refractivity contribution in [2.45, 2.75) is 44.9 Å². The summed E-state index contributed by atoms with van der Waals surface area (Å²) in [4.78, 5) is 0. The zero-order valence-corrected chi connectivity index (χ0v) is 10.6. The van der Waals surface area contributed by atoms with Crippen LogP contribution in [0.2, 0.25) is 24.2 Å². The molecule has 66 valence electrons. The minimum Gasteiger partial charge on any atom is -0.242 e. The maximum Gasteiger partial charge on any atom is 1.00 e. The van der Waals surface area contributed by atoms with Crippen molar-refractivity contribution in [2.24, 2.45) is 0 Å². The molecule has 0 fully saturated rings. The standard InChI is InChI=1S/C10H21Si.Li/c1-9(2)8-11(6,7)10(3,4)5;/h1-2,8H2,3-7H3;/q-1;+1. The quantitative estimate of drug-likeness (QED) is 0.433. The van der Waals surface area contributed by atoms with Crippen LogP contribution in [0, 0.1) is 6.92 Å². The molecule has 0 bridgehead atoms. The molecule has 0 radical (unpaired) electrons. The van der Waals surface area contributed by atoms with Crippen molar-refractivity contribution in [3.05, 3.63) is 19.1 Å². The van der Waals surface area contributed by atoms with Crippen LogP contribution in [0.15, 0.2) is 12.2 Å². The molecular formula is C10H21LiSi. The first-order chi connectivity index (χ1) is 4.67. The van der Waals surface area contributed by atoms with Gasteiger partial charge >= 0.3 is 18.9 Å². The van der Waals surface area contributed by atoms with E-state index < -0.39 is 8.07 Å². The van der Waals surface area contributed by atoms with Crippen molar-refractivity contribution in [1.82, 2.24) is 0 Å². The van der Waals surface area contributed by atoms with Crippen molar-refractivity contribution in [1.29, 1.82) is 0 Å². The molecule has 0 aromatic rings. The smallest absolute Gasteiger partial charge is 0.242 e. The van der Waals surface area contributed by atoms with Crippen molar-refractivity contribution in [3.8, 4) is 0 Å². The molecule has 0 aromatic carbocycles. The van der Waals surface area contributed by atoms with E-state index in [0.29, 0.717) is 5.04 Å². The molecule has 0 nitrogen and oxygen atoms in total. The van der Waals surface area contributed by atoms with E-state index in [2.05, 4.69) is 47.4 Å². The Labute approximate surface area is 91.0 Å². The van der Waals surface area contributed by atoms with Gasteiger partial charge in [-0.25, -0.2) is 19.1 Å². The third-order valence-electron chi connectivity index (χ3n) is 2.72. The summed E-state index contributed by atoms with van der Waals surface area (Å²) in [5.41, 5.74) is 1.09. The van der Waals surface area contributed by atoms with Gasteiger partial charge in [0.1, 0.15) is 0 Å². The summed E-state index contributed by atoms with van der Waals surface area (Å²) < 4.78 is 0. The van der Waals surface area contributed by atoms with Crippen LogP contribution in [0.1, 0.15) is 20.8 Å². The fourth-order valence-electron chi connectivity index (χ4n) is 0.890. The van der Waals surface area contributed by atoms with E-state index >= 15 is 0 Å². The Kier molecular flexibility index (Phi) is 5.72. The van der Waals surface area contributed by atoms with Crippen LogP contribution in [-0.4, -0.2) is 8.07 Å². The molecule has 0 rings (SSSR count). The summed E-state index contributed by atoms with van der Waals surface area (Å²) in [6, 6.07) is 1.15. The fraction of sp³-hybridized carbons (Fsp3) is 0.700. The van der Waals surface area contributed by atoms with Crippen molar-refractivity contribution in [2.75, 3.05) is 0 Å². The van der Waals surface area contributed by atoms with Crippen LogP contribution in [0.3, 0.4) is 0 Å². The summed E-state index contributed by atoms with van der Waals surface area (Å²) in [7, 11) is -1.13. The molecule has 0 unspecified atom stereocenters. The largest absolute Gasteiger partial charge is 1.00 e. The Morgan fingerprint density at radius 1 is 1.33 bits per heavy atom. The van der Waals surface area contributed by atoms with Gasteiger partial charge in [-0.1, -0.05) is 39.9 Å². The van der Waals surface area contributed by atoms with Gasteiger partial charge in [-0.15, -0.1) is 0 Å². The summed E-state index contributed by atoms with van der Waals surface area (Å²) in [5.74, 6) is 0. The van der Waals surface area contributed by atoms with Gasteiger partial charge in [0.05, 0.1) is 8.07 Å². The predicted octanol–water partition coefficient (Wildman–Crippen LogP) is 0.889. The van der Waals surface area contributed by atoms with Gasteiger partial charge in [0.2, 0.25) is 0 Å². The minimum absolute atomic E-state index is 0. The minimum atomic E-state index is -1.13. The Hall–Kier alpha value is 0.424. The topological polar surface area (TPSA) is 0 Å². The number of hydrogen-bond donors (Lipinski definition) is 0. The van der Waals surface area contributed by atoms with E-state index in [1.165, 1.54) is 0 Å². The maximum atomic E-state index is 3.88. The molecule has 2 heteroatoms. The SMILES string of the molecule is C=C([CH2-])C[Si](C)(C)C(C)(C)C.[Li+]. The van der Waals surface area contributed by atoms with Crippen molar-refractivity contribution in [3.63, 3.8) is 0 Å². The van der Waals surface area contributed by atoms with Crippen LogP contribution in [0.5, 0.6) is 0 Å². The Morgan fingerprint density at radius 2 is 1.67 bits per heavy atom. The second-order valence-electron chi connectivity index (χ2n) is 5.06. The molecule has 0 aliphatic carbocycles. The predicted molar refractivity (Wildman–Crippen MR) is 56.5 cm³/mol. The molecule has 0 amide bonds. The first kappa shape index (κ1) is 14.9. The van der Waals surface area contributed by atoms with Crippen molar-refractivity contribution < 1.29 is 18.9 Å². The van der Waals surface area contributed by atoms with E-state index in [-0.39, 0.29) is 18.9 Å².